The highest BCUT2D eigenvalue weighted by molar-refractivity contribution is 6.01. The van der Waals surface area contributed by atoms with Crippen molar-refractivity contribution in [3.8, 4) is 0 Å². The van der Waals surface area contributed by atoms with Crippen LogP contribution in [-0.4, -0.2) is 91.5 Å². The van der Waals surface area contributed by atoms with Crippen molar-refractivity contribution in [1.29, 1.82) is 0 Å². The third-order valence-corrected chi connectivity index (χ3v) is 10.6. The number of alkyl halides is 1. The summed E-state index contributed by atoms with van der Waals surface area (Å²) in [5, 5.41) is 15.0. The fraction of sp³-hybridized carbons (Fsp3) is 0.774. The molecule has 8 atom stereocenters. The molecule has 13 heteroatoms. The average molecular weight is 620 g/mol. The van der Waals surface area contributed by atoms with Crippen LogP contribution in [0.4, 0.5) is 4.39 Å². The second kappa shape index (κ2) is 11.9. The molecule has 0 amide bonds. The van der Waals surface area contributed by atoms with Crippen LogP contribution in [0.25, 0.3) is 10.4 Å². The maximum Gasteiger partial charge on any atom is 0.308 e. The Hall–Kier alpha value is -2.67. The smallest absolute Gasteiger partial charge is 0.308 e. The second-order valence-corrected chi connectivity index (χ2v) is 13.4. The van der Waals surface area contributed by atoms with Gasteiger partial charge in [-0.1, -0.05) is 23.7 Å². The van der Waals surface area contributed by atoms with Gasteiger partial charge < -0.3 is 28.8 Å². The number of rotatable bonds is 12. The molecular weight excluding hydrogens is 577 g/mol. The molecular formula is C31H42FN3O9. The number of carbonyl (C=O) groups excluding carboxylic acids is 3. The van der Waals surface area contributed by atoms with Gasteiger partial charge in [0, 0.05) is 28.2 Å². The molecule has 44 heavy (non-hydrogen) atoms. The lowest BCUT2D eigenvalue weighted by Crippen LogP contribution is -2.70. The van der Waals surface area contributed by atoms with Crippen LogP contribution in [0.3, 0.4) is 0 Å². The largest absolute Gasteiger partial charge is 0.457 e. The van der Waals surface area contributed by atoms with Crippen LogP contribution in [0.1, 0.15) is 59.8 Å². The number of halogens is 1. The zero-order valence-electron chi connectivity index (χ0n) is 25.8. The highest BCUT2D eigenvalue weighted by Crippen LogP contribution is 2.72. The number of nitrogens with zero attached hydrogens (tertiary/aromatic N) is 3. The predicted octanol–water partition coefficient (Wildman–Crippen LogP) is 3.70. The first-order valence-corrected chi connectivity index (χ1v) is 15.3. The minimum absolute atomic E-state index is 0.0641. The third-order valence-electron chi connectivity index (χ3n) is 10.6. The van der Waals surface area contributed by atoms with Gasteiger partial charge in [-0.25, -0.2) is 4.39 Å². The number of esters is 1. The molecule has 1 N–H and O–H groups in total. The number of hydrogen-bond acceptors (Lipinski definition) is 10. The molecule has 0 spiro atoms. The highest BCUT2D eigenvalue weighted by Gasteiger charge is 2.80. The Kier molecular flexibility index (Phi) is 8.87. The van der Waals surface area contributed by atoms with Gasteiger partial charge >= 0.3 is 5.97 Å². The van der Waals surface area contributed by atoms with Crippen molar-refractivity contribution in [2.45, 2.75) is 89.1 Å². The summed E-state index contributed by atoms with van der Waals surface area (Å²) in [6.07, 6.45) is 3.40. The zero-order chi connectivity index (χ0) is 32.0. The number of hydrogen-bond donors (Lipinski definition) is 1. The molecule has 5 aliphatic rings. The molecule has 1 heterocycles. The van der Waals surface area contributed by atoms with Gasteiger partial charge in [0.1, 0.15) is 0 Å². The molecule has 3 saturated carbocycles. The Morgan fingerprint density at radius 3 is 2.61 bits per heavy atom. The maximum absolute atomic E-state index is 17.5. The van der Waals surface area contributed by atoms with E-state index >= 15 is 4.39 Å². The SMILES string of the molecule is CC1(C)O[C@@H]2C[C@H]3[C@@H]4CCC5=CC(=O)C=C[C@]5(C)[C@@]4(F)[C@@H](O)C[C@]3(C)[C@]2(C(=O)COC(=O)CCOCCOCCN=[N+]=[N-])O1. The van der Waals surface area contributed by atoms with E-state index in [1.54, 1.807) is 26.8 Å². The van der Waals surface area contributed by atoms with Gasteiger partial charge in [-0.2, -0.15) is 0 Å². The molecule has 1 saturated heterocycles. The van der Waals surface area contributed by atoms with Crippen LogP contribution in [0.5, 0.6) is 0 Å². The van der Waals surface area contributed by atoms with E-state index in [2.05, 4.69) is 10.0 Å². The maximum atomic E-state index is 17.5. The summed E-state index contributed by atoms with van der Waals surface area (Å²) in [5.74, 6) is -3.41. The average Bonchev–Trinajstić information content (AvgIpc) is 3.37. The molecule has 4 fully saturated rings. The van der Waals surface area contributed by atoms with Gasteiger partial charge in [0.05, 0.1) is 45.1 Å². The van der Waals surface area contributed by atoms with Crippen LogP contribution in [0, 0.1) is 22.7 Å². The van der Waals surface area contributed by atoms with Crippen molar-refractivity contribution in [3.05, 3.63) is 34.2 Å². The number of azide groups is 1. The summed E-state index contributed by atoms with van der Waals surface area (Å²) in [4.78, 5) is 41.4. The van der Waals surface area contributed by atoms with E-state index in [1.165, 1.54) is 12.2 Å². The molecule has 1 aliphatic heterocycles. The number of fused-ring (bicyclic) bond motifs is 7. The number of aliphatic hydroxyl groups excluding tert-OH is 1. The quantitative estimate of drug-likeness (QED) is 0.113. The van der Waals surface area contributed by atoms with Crippen LogP contribution in [0.15, 0.2) is 28.9 Å². The first kappa shape index (κ1) is 32.7. The number of Topliss-reactive ketones (excluding diaryl/α,β-unsaturated/α-hetero) is 1. The molecule has 0 bridgehead atoms. The number of ketones is 2. The summed E-state index contributed by atoms with van der Waals surface area (Å²) in [7, 11) is 0. The monoisotopic (exact) mass is 619 g/mol. The summed E-state index contributed by atoms with van der Waals surface area (Å²) in [6, 6.07) is 0. The predicted molar refractivity (Wildman–Crippen MR) is 153 cm³/mol. The molecule has 0 unspecified atom stereocenters. The summed E-state index contributed by atoms with van der Waals surface area (Å²) in [5.41, 5.74) is 3.14. The highest BCUT2D eigenvalue weighted by atomic mass is 19.1. The van der Waals surface area contributed by atoms with Gasteiger partial charge in [-0.15, -0.1) is 0 Å². The third kappa shape index (κ3) is 5.11. The lowest BCUT2D eigenvalue weighted by Gasteiger charge is -2.62. The van der Waals surface area contributed by atoms with Crippen molar-refractivity contribution in [3.63, 3.8) is 0 Å². The van der Waals surface area contributed by atoms with Crippen molar-refractivity contribution >= 4 is 17.5 Å². The van der Waals surface area contributed by atoms with E-state index < -0.39 is 64.4 Å². The second-order valence-electron chi connectivity index (χ2n) is 13.4. The molecule has 5 rings (SSSR count). The van der Waals surface area contributed by atoms with E-state index in [-0.39, 0.29) is 57.5 Å². The summed E-state index contributed by atoms with van der Waals surface area (Å²) >= 11 is 0. The van der Waals surface area contributed by atoms with Gasteiger partial charge in [-0.05, 0) is 70.1 Å². The molecule has 242 valence electrons. The van der Waals surface area contributed by atoms with E-state index in [4.69, 9.17) is 29.2 Å². The zero-order valence-corrected chi connectivity index (χ0v) is 25.8. The van der Waals surface area contributed by atoms with Gasteiger partial charge in [0.15, 0.2) is 29.4 Å². The Balaban J connectivity index is 1.28. The first-order chi connectivity index (χ1) is 20.7. The normalized spacial score (nSPS) is 39.8. The van der Waals surface area contributed by atoms with Crippen molar-refractivity contribution < 1.29 is 47.6 Å². The standard InChI is InChI=1S/C31H42FN3O9/c1-27(2)43-25-16-22-21-6-5-19-15-20(36)7-9-28(19,3)30(21,32)23(37)17-29(22,4)31(25,44-27)24(38)18-42-26(39)8-11-40-13-14-41-12-10-34-35-33/h7,9,15,21-23,25,37H,5-6,8,10-14,16-18H2,1-4H3/t21-,22-,23-,25+,28-,29-,30-,31+/m0/s1. The van der Waals surface area contributed by atoms with Gasteiger partial charge in [0.25, 0.3) is 0 Å². The number of aliphatic hydroxyl groups is 1. The topological polar surface area (TPSA) is 166 Å². The van der Waals surface area contributed by atoms with Crippen molar-refractivity contribution in [1.82, 2.24) is 0 Å². The number of carbonyl (C=O) groups is 3. The fourth-order valence-corrected chi connectivity index (χ4v) is 8.76. The molecule has 0 aromatic carbocycles. The van der Waals surface area contributed by atoms with E-state index in [0.717, 1.165) is 0 Å². The first-order valence-electron chi connectivity index (χ1n) is 15.3. The fourth-order valence-electron chi connectivity index (χ4n) is 8.76. The Morgan fingerprint density at radius 2 is 1.89 bits per heavy atom. The van der Waals surface area contributed by atoms with Crippen LogP contribution in [-0.2, 0) is 38.1 Å². The number of ether oxygens (including phenoxy) is 5. The lowest BCUT2D eigenvalue weighted by atomic mass is 9.44. The van der Waals surface area contributed by atoms with E-state index in [9.17, 15) is 19.5 Å². The Bertz CT molecular complexity index is 1300. The van der Waals surface area contributed by atoms with Crippen LogP contribution in [0.2, 0.25) is 0 Å². The Labute approximate surface area is 255 Å². The summed E-state index contributed by atoms with van der Waals surface area (Å²) < 4.78 is 46.2. The Morgan fingerprint density at radius 1 is 1.16 bits per heavy atom. The van der Waals surface area contributed by atoms with Gasteiger partial charge in [0.2, 0.25) is 5.78 Å². The summed E-state index contributed by atoms with van der Waals surface area (Å²) in [6.45, 7) is 7.52. The van der Waals surface area contributed by atoms with E-state index in [1.807, 2.05) is 6.92 Å². The minimum Gasteiger partial charge on any atom is -0.457 e. The van der Waals surface area contributed by atoms with Gasteiger partial charge in [-0.3, -0.25) is 14.4 Å². The lowest BCUT2D eigenvalue weighted by molar-refractivity contribution is -0.246. The van der Waals surface area contributed by atoms with Crippen LogP contribution < -0.4 is 0 Å². The van der Waals surface area contributed by atoms with E-state index in [0.29, 0.717) is 24.8 Å². The molecule has 0 radical (unpaired) electrons. The minimum atomic E-state index is -2.06. The number of allylic oxidation sites excluding steroid dienone is 4. The molecule has 0 aromatic heterocycles. The molecule has 4 aliphatic carbocycles. The molecule has 12 nitrogen and oxygen atoms in total. The van der Waals surface area contributed by atoms with Crippen molar-refractivity contribution in [2.24, 2.45) is 27.8 Å². The van der Waals surface area contributed by atoms with Crippen molar-refractivity contribution in [2.75, 3.05) is 39.6 Å². The molecule has 0 aromatic rings. The van der Waals surface area contributed by atoms with Crippen LogP contribution >= 0.6 is 0 Å².